The van der Waals surface area contributed by atoms with Gasteiger partial charge in [-0.3, -0.25) is 4.79 Å². The quantitative estimate of drug-likeness (QED) is 0.828. The van der Waals surface area contributed by atoms with Crippen LogP contribution in [0.15, 0.2) is 23.2 Å². The summed E-state index contributed by atoms with van der Waals surface area (Å²) in [5, 5.41) is 0.132. The van der Waals surface area contributed by atoms with Crippen molar-refractivity contribution in [3.8, 4) is 0 Å². The molecule has 1 aromatic rings. The highest BCUT2D eigenvalue weighted by Crippen LogP contribution is 2.24. The number of amides is 1. The van der Waals surface area contributed by atoms with Crippen LogP contribution in [0.1, 0.15) is 12.8 Å². The Morgan fingerprint density at radius 2 is 2.05 bits per heavy atom. The lowest BCUT2D eigenvalue weighted by Crippen LogP contribution is -2.41. The Labute approximate surface area is 116 Å². The zero-order chi connectivity index (χ0) is 14.0. The second-order valence-electron chi connectivity index (χ2n) is 4.39. The molecule has 1 amide bonds. The number of nitrogens with zero attached hydrogens (tertiary/aromatic N) is 2. The van der Waals surface area contributed by atoms with Crippen molar-refractivity contribution in [1.82, 2.24) is 9.29 Å². The van der Waals surface area contributed by atoms with Crippen LogP contribution in [0.3, 0.4) is 0 Å². The van der Waals surface area contributed by atoms with Crippen LogP contribution < -0.4 is 5.73 Å². The summed E-state index contributed by atoms with van der Waals surface area (Å²) in [4.78, 5) is 14.9. The van der Waals surface area contributed by atoms with Crippen LogP contribution in [0, 0.1) is 5.92 Å². The highest BCUT2D eigenvalue weighted by atomic mass is 35.5. The summed E-state index contributed by atoms with van der Waals surface area (Å²) < 4.78 is 26.0. The minimum absolute atomic E-state index is 0.116. The summed E-state index contributed by atoms with van der Waals surface area (Å²) >= 11 is 5.70. The van der Waals surface area contributed by atoms with Gasteiger partial charge in [-0.1, -0.05) is 11.6 Å². The van der Waals surface area contributed by atoms with Gasteiger partial charge < -0.3 is 5.73 Å². The number of hydrogen-bond donors (Lipinski definition) is 1. The first kappa shape index (κ1) is 14.2. The third-order valence-electron chi connectivity index (χ3n) is 3.19. The van der Waals surface area contributed by atoms with Gasteiger partial charge in [0.15, 0.2) is 0 Å². The summed E-state index contributed by atoms with van der Waals surface area (Å²) in [5.41, 5.74) is 5.22. The second kappa shape index (κ2) is 5.44. The van der Waals surface area contributed by atoms with E-state index in [1.807, 2.05) is 0 Å². The number of primary amides is 1. The van der Waals surface area contributed by atoms with Crippen molar-refractivity contribution in [2.45, 2.75) is 17.7 Å². The molecule has 104 valence electrons. The fraction of sp³-hybridized carbons (Fsp3) is 0.455. The standard InChI is InChI=1S/C11H14ClN3O3S/c12-10-7-9(1-4-14-10)19(17,18)15-5-2-8(3-6-15)11(13)16/h1,4,7-8H,2-3,5-6H2,(H2,13,16). The molecule has 0 unspecified atom stereocenters. The molecule has 2 heterocycles. The van der Waals surface area contributed by atoms with E-state index in [4.69, 9.17) is 17.3 Å². The average molecular weight is 304 g/mol. The number of rotatable bonds is 3. The molecule has 6 nitrogen and oxygen atoms in total. The van der Waals surface area contributed by atoms with Gasteiger partial charge in [-0.25, -0.2) is 13.4 Å². The molecule has 2 rings (SSSR count). The Hall–Kier alpha value is -1.18. The predicted octanol–water partition coefficient (Wildman–Crippen LogP) is 0.621. The van der Waals surface area contributed by atoms with E-state index in [1.165, 1.54) is 22.6 Å². The largest absolute Gasteiger partial charge is 0.369 e. The van der Waals surface area contributed by atoms with Crippen LogP contribution in [-0.4, -0.2) is 36.7 Å². The number of sulfonamides is 1. The van der Waals surface area contributed by atoms with Gasteiger partial charge in [0.2, 0.25) is 15.9 Å². The first-order chi connectivity index (χ1) is 8.91. The number of pyridine rings is 1. The number of carbonyl (C=O) groups excluding carboxylic acids is 1. The molecule has 0 aromatic carbocycles. The van der Waals surface area contributed by atoms with Gasteiger partial charge in [0.05, 0.1) is 4.90 Å². The first-order valence-corrected chi connectivity index (χ1v) is 7.64. The van der Waals surface area contributed by atoms with Crippen LogP contribution >= 0.6 is 11.6 Å². The lowest BCUT2D eigenvalue weighted by Gasteiger charge is -2.29. The van der Waals surface area contributed by atoms with Crippen LogP contribution in [0.25, 0.3) is 0 Å². The molecule has 0 radical (unpaired) electrons. The molecule has 0 saturated carbocycles. The van der Waals surface area contributed by atoms with Gasteiger partial charge >= 0.3 is 0 Å². The Bertz CT molecular complexity index is 583. The Morgan fingerprint density at radius 1 is 1.42 bits per heavy atom. The molecule has 8 heteroatoms. The second-order valence-corrected chi connectivity index (χ2v) is 6.72. The average Bonchev–Trinajstić information content (AvgIpc) is 2.39. The molecular weight excluding hydrogens is 290 g/mol. The molecule has 19 heavy (non-hydrogen) atoms. The number of carbonyl (C=O) groups is 1. The zero-order valence-corrected chi connectivity index (χ0v) is 11.7. The van der Waals surface area contributed by atoms with Gasteiger partial charge in [0, 0.05) is 25.2 Å². The monoisotopic (exact) mass is 303 g/mol. The van der Waals surface area contributed by atoms with E-state index in [-0.39, 0.29) is 35.0 Å². The highest BCUT2D eigenvalue weighted by molar-refractivity contribution is 7.89. The van der Waals surface area contributed by atoms with Crippen molar-refractivity contribution in [1.29, 1.82) is 0 Å². The molecule has 0 bridgehead atoms. The van der Waals surface area contributed by atoms with E-state index in [0.717, 1.165) is 0 Å². The Kier molecular flexibility index (Phi) is 4.07. The highest BCUT2D eigenvalue weighted by Gasteiger charge is 2.31. The summed E-state index contributed by atoms with van der Waals surface area (Å²) in [5.74, 6) is -0.614. The van der Waals surface area contributed by atoms with E-state index >= 15 is 0 Å². The van der Waals surface area contributed by atoms with Gasteiger partial charge in [-0.05, 0) is 25.0 Å². The molecule has 0 aliphatic carbocycles. The SMILES string of the molecule is NC(=O)C1CCN(S(=O)(=O)c2ccnc(Cl)c2)CC1. The summed E-state index contributed by atoms with van der Waals surface area (Å²) in [6.45, 7) is 0.575. The zero-order valence-electron chi connectivity index (χ0n) is 10.1. The van der Waals surface area contributed by atoms with Crippen molar-refractivity contribution in [2.75, 3.05) is 13.1 Å². The summed E-state index contributed by atoms with van der Waals surface area (Å²) in [6.07, 6.45) is 2.26. The third kappa shape index (κ3) is 3.05. The maximum atomic E-state index is 12.3. The van der Waals surface area contributed by atoms with Gasteiger partial charge in [-0.15, -0.1) is 0 Å². The smallest absolute Gasteiger partial charge is 0.243 e. The topological polar surface area (TPSA) is 93.4 Å². The molecular formula is C11H14ClN3O3S. The van der Waals surface area contributed by atoms with E-state index < -0.39 is 10.0 Å². The Morgan fingerprint density at radius 3 is 2.58 bits per heavy atom. The lowest BCUT2D eigenvalue weighted by molar-refractivity contribution is -0.122. The normalized spacial score (nSPS) is 18.4. The van der Waals surface area contributed by atoms with E-state index in [1.54, 1.807) is 0 Å². The molecule has 1 aliphatic rings. The minimum atomic E-state index is -3.58. The van der Waals surface area contributed by atoms with Crippen LogP contribution in [-0.2, 0) is 14.8 Å². The van der Waals surface area contributed by atoms with Crippen molar-refractivity contribution in [3.63, 3.8) is 0 Å². The predicted molar refractivity (Wildman–Crippen MR) is 69.9 cm³/mol. The summed E-state index contributed by atoms with van der Waals surface area (Å²) in [7, 11) is -3.58. The first-order valence-electron chi connectivity index (χ1n) is 5.82. The number of aromatic nitrogens is 1. The van der Waals surface area contributed by atoms with Gasteiger partial charge in [-0.2, -0.15) is 4.31 Å². The molecule has 1 saturated heterocycles. The van der Waals surface area contributed by atoms with Crippen molar-refractivity contribution in [2.24, 2.45) is 11.7 Å². The lowest BCUT2D eigenvalue weighted by atomic mass is 9.98. The van der Waals surface area contributed by atoms with Crippen molar-refractivity contribution >= 4 is 27.5 Å². The molecule has 0 atom stereocenters. The van der Waals surface area contributed by atoms with Crippen LogP contribution in [0.2, 0.25) is 5.15 Å². The van der Waals surface area contributed by atoms with Gasteiger partial charge in [0.25, 0.3) is 0 Å². The van der Waals surface area contributed by atoms with Crippen LogP contribution in [0.4, 0.5) is 0 Å². The maximum absolute atomic E-state index is 12.3. The molecule has 1 aromatic heterocycles. The van der Waals surface area contributed by atoms with Crippen LogP contribution in [0.5, 0.6) is 0 Å². The minimum Gasteiger partial charge on any atom is -0.369 e. The van der Waals surface area contributed by atoms with Crippen molar-refractivity contribution in [3.05, 3.63) is 23.5 Å². The van der Waals surface area contributed by atoms with E-state index in [9.17, 15) is 13.2 Å². The number of hydrogen-bond acceptors (Lipinski definition) is 4. The summed E-state index contributed by atoms with van der Waals surface area (Å²) in [6, 6.07) is 2.72. The molecule has 1 aliphatic heterocycles. The van der Waals surface area contributed by atoms with Crippen molar-refractivity contribution < 1.29 is 13.2 Å². The number of piperidine rings is 1. The van der Waals surface area contributed by atoms with Gasteiger partial charge in [0.1, 0.15) is 5.15 Å². The molecule has 2 N–H and O–H groups in total. The number of halogens is 1. The fourth-order valence-corrected chi connectivity index (χ4v) is 3.80. The fourth-order valence-electron chi connectivity index (χ4n) is 2.07. The molecule has 1 fully saturated rings. The van der Waals surface area contributed by atoms with E-state index in [2.05, 4.69) is 4.98 Å². The third-order valence-corrected chi connectivity index (χ3v) is 5.29. The molecule has 0 spiro atoms. The Balaban J connectivity index is 2.16. The van der Waals surface area contributed by atoms with E-state index in [0.29, 0.717) is 12.8 Å². The maximum Gasteiger partial charge on any atom is 0.243 e. The number of nitrogens with two attached hydrogens (primary N) is 1.